The summed E-state index contributed by atoms with van der Waals surface area (Å²) in [6.07, 6.45) is 0. The number of halogens is 1. The molecule has 0 spiro atoms. The second-order valence-corrected chi connectivity index (χ2v) is 6.71. The fourth-order valence-corrected chi connectivity index (χ4v) is 3.80. The second-order valence-electron chi connectivity index (χ2n) is 4.41. The lowest BCUT2D eigenvalue weighted by Crippen LogP contribution is -2.46. The Hall–Kier alpha value is -1.22. The number of nitro benzene ring substituents is 1. The van der Waals surface area contributed by atoms with Crippen molar-refractivity contribution >= 4 is 27.3 Å². The molecular weight excluding hydrogens is 308 g/mol. The van der Waals surface area contributed by atoms with Gasteiger partial charge in [0.15, 0.2) is 0 Å². The molecule has 0 amide bonds. The standard InChI is InChI=1S/C11H13ClN2O5S/c1-8-7-19-5-4-13(8)20(17,18)9-2-3-10(12)11(6-9)14(15)16/h2-3,6,8H,4-5,7H2,1H3. The van der Waals surface area contributed by atoms with Crippen molar-refractivity contribution < 1.29 is 18.1 Å². The molecule has 20 heavy (non-hydrogen) atoms. The van der Waals surface area contributed by atoms with E-state index >= 15 is 0 Å². The Morgan fingerprint density at radius 2 is 2.20 bits per heavy atom. The van der Waals surface area contributed by atoms with Crippen LogP contribution in [0.4, 0.5) is 5.69 Å². The van der Waals surface area contributed by atoms with Gasteiger partial charge in [0.05, 0.1) is 23.0 Å². The summed E-state index contributed by atoms with van der Waals surface area (Å²) in [6, 6.07) is 3.16. The zero-order chi connectivity index (χ0) is 14.9. The highest BCUT2D eigenvalue weighted by molar-refractivity contribution is 7.89. The van der Waals surface area contributed by atoms with E-state index in [2.05, 4.69) is 0 Å². The van der Waals surface area contributed by atoms with Crippen molar-refractivity contribution in [2.24, 2.45) is 0 Å². The van der Waals surface area contributed by atoms with E-state index < -0.39 is 20.6 Å². The summed E-state index contributed by atoms with van der Waals surface area (Å²) in [5, 5.41) is 10.7. The van der Waals surface area contributed by atoms with Gasteiger partial charge in [0.1, 0.15) is 5.02 Å². The van der Waals surface area contributed by atoms with Crippen LogP contribution in [0, 0.1) is 10.1 Å². The van der Waals surface area contributed by atoms with Crippen molar-refractivity contribution in [3.8, 4) is 0 Å². The maximum atomic E-state index is 12.5. The fourth-order valence-electron chi connectivity index (χ4n) is 2.00. The molecule has 0 N–H and O–H groups in total. The van der Waals surface area contributed by atoms with Gasteiger partial charge < -0.3 is 4.74 Å². The van der Waals surface area contributed by atoms with E-state index in [4.69, 9.17) is 16.3 Å². The van der Waals surface area contributed by atoms with Crippen LogP contribution in [-0.4, -0.2) is 43.4 Å². The molecule has 1 atom stereocenters. The average Bonchev–Trinajstić information content (AvgIpc) is 2.38. The van der Waals surface area contributed by atoms with Gasteiger partial charge in [-0.2, -0.15) is 4.31 Å². The summed E-state index contributed by atoms with van der Waals surface area (Å²) >= 11 is 5.69. The average molecular weight is 321 g/mol. The summed E-state index contributed by atoms with van der Waals surface area (Å²) in [7, 11) is -3.79. The summed E-state index contributed by atoms with van der Waals surface area (Å²) in [5.74, 6) is 0. The molecule has 1 aromatic rings. The number of nitro groups is 1. The number of benzene rings is 1. The van der Waals surface area contributed by atoms with Crippen LogP contribution >= 0.6 is 11.6 Å². The number of morpholine rings is 1. The Morgan fingerprint density at radius 1 is 1.50 bits per heavy atom. The summed E-state index contributed by atoms with van der Waals surface area (Å²) in [4.78, 5) is 9.99. The summed E-state index contributed by atoms with van der Waals surface area (Å²) in [6.45, 7) is 2.55. The maximum absolute atomic E-state index is 12.5. The molecule has 7 nitrogen and oxygen atoms in total. The number of hydrogen-bond donors (Lipinski definition) is 0. The Bertz CT molecular complexity index is 634. The third-order valence-electron chi connectivity index (χ3n) is 3.03. The van der Waals surface area contributed by atoms with E-state index in [1.807, 2.05) is 0 Å². The van der Waals surface area contributed by atoms with Gasteiger partial charge in [-0.05, 0) is 19.1 Å². The van der Waals surface area contributed by atoms with Crippen molar-refractivity contribution in [1.29, 1.82) is 0 Å². The quantitative estimate of drug-likeness (QED) is 0.624. The highest BCUT2D eigenvalue weighted by atomic mass is 35.5. The molecule has 1 unspecified atom stereocenters. The molecular formula is C11H13ClN2O5S. The highest BCUT2D eigenvalue weighted by Gasteiger charge is 2.32. The van der Waals surface area contributed by atoms with Gasteiger partial charge in [0.2, 0.25) is 10.0 Å². The van der Waals surface area contributed by atoms with Crippen LogP contribution in [0.1, 0.15) is 6.92 Å². The van der Waals surface area contributed by atoms with Crippen molar-refractivity contribution in [2.75, 3.05) is 19.8 Å². The Balaban J connectivity index is 2.44. The normalized spacial score (nSPS) is 20.8. The van der Waals surface area contributed by atoms with Crippen LogP contribution < -0.4 is 0 Å². The minimum atomic E-state index is -3.79. The minimum absolute atomic E-state index is 0.0935. The first kappa shape index (κ1) is 15.2. The molecule has 1 saturated heterocycles. The molecule has 0 saturated carbocycles. The van der Waals surface area contributed by atoms with Crippen LogP contribution in [0.3, 0.4) is 0 Å². The van der Waals surface area contributed by atoms with Gasteiger partial charge in [-0.3, -0.25) is 10.1 Å². The molecule has 1 fully saturated rings. The number of sulfonamides is 1. The first-order chi connectivity index (χ1) is 9.34. The first-order valence-electron chi connectivity index (χ1n) is 5.87. The van der Waals surface area contributed by atoms with E-state index in [0.717, 1.165) is 6.07 Å². The Morgan fingerprint density at radius 3 is 2.80 bits per heavy atom. The zero-order valence-corrected chi connectivity index (χ0v) is 12.2. The fraction of sp³-hybridized carbons (Fsp3) is 0.455. The molecule has 1 aliphatic heterocycles. The Labute approximate surface area is 121 Å². The van der Waals surface area contributed by atoms with Crippen molar-refractivity contribution in [1.82, 2.24) is 4.31 Å². The lowest BCUT2D eigenvalue weighted by Gasteiger charge is -2.32. The molecule has 0 aromatic heterocycles. The third-order valence-corrected chi connectivity index (χ3v) is 5.36. The lowest BCUT2D eigenvalue weighted by atomic mass is 10.3. The van der Waals surface area contributed by atoms with E-state index in [9.17, 15) is 18.5 Å². The van der Waals surface area contributed by atoms with Gasteiger partial charge in [-0.25, -0.2) is 8.42 Å². The maximum Gasteiger partial charge on any atom is 0.289 e. The summed E-state index contributed by atoms with van der Waals surface area (Å²) in [5.41, 5.74) is -0.423. The largest absolute Gasteiger partial charge is 0.378 e. The summed E-state index contributed by atoms with van der Waals surface area (Å²) < 4.78 is 31.4. The van der Waals surface area contributed by atoms with Crippen molar-refractivity contribution in [3.05, 3.63) is 33.3 Å². The smallest absolute Gasteiger partial charge is 0.289 e. The van der Waals surface area contributed by atoms with Gasteiger partial charge >= 0.3 is 0 Å². The molecule has 0 aliphatic carbocycles. The SMILES string of the molecule is CC1COCCN1S(=O)(=O)c1ccc(Cl)c([N+](=O)[O-])c1. The first-order valence-corrected chi connectivity index (χ1v) is 7.69. The van der Waals surface area contributed by atoms with Crippen LogP contribution in [-0.2, 0) is 14.8 Å². The monoisotopic (exact) mass is 320 g/mol. The Kier molecular flexibility index (Phi) is 4.28. The third kappa shape index (κ3) is 2.78. The minimum Gasteiger partial charge on any atom is -0.378 e. The van der Waals surface area contributed by atoms with Gasteiger partial charge in [0.25, 0.3) is 5.69 Å². The van der Waals surface area contributed by atoms with Gasteiger partial charge in [0, 0.05) is 18.7 Å². The zero-order valence-electron chi connectivity index (χ0n) is 10.7. The molecule has 9 heteroatoms. The van der Waals surface area contributed by atoms with Crippen LogP contribution in [0.2, 0.25) is 5.02 Å². The molecule has 1 aromatic carbocycles. The van der Waals surface area contributed by atoms with E-state index in [1.165, 1.54) is 16.4 Å². The molecule has 2 rings (SSSR count). The second kappa shape index (κ2) is 5.65. The molecule has 1 heterocycles. The molecule has 110 valence electrons. The van der Waals surface area contributed by atoms with Gasteiger partial charge in [-0.15, -0.1) is 0 Å². The number of nitrogens with zero attached hydrogens (tertiary/aromatic N) is 2. The van der Waals surface area contributed by atoms with E-state index in [-0.39, 0.29) is 22.5 Å². The number of ether oxygens (including phenoxy) is 1. The van der Waals surface area contributed by atoms with E-state index in [1.54, 1.807) is 6.92 Å². The van der Waals surface area contributed by atoms with E-state index in [0.29, 0.717) is 13.2 Å². The molecule has 1 aliphatic rings. The van der Waals surface area contributed by atoms with Gasteiger partial charge in [-0.1, -0.05) is 11.6 Å². The number of rotatable bonds is 3. The molecule has 0 bridgehead atoms. The van der Waals surface area contributed by atoms with Crippen LogP contribution in [0.25, 0.3) is 0 Å². The number of hydrogen-bond acceptors (Lipinski definition) is 5. The van der Waals surface area contributed by atoms with Crippen molar-refractivity contribution in [3.63, 3.8) is 0 Å². The molecule has 0 radical (unpaired) electrons. The highest BCUT2D eigenvalue weighted by Crippen LogP contribution is 2.29. The lowest BCUT2D eigenvalue weighted by molar-refractivity contribution is -0.384. The predicted molar refractivity (Wildman–Crippen MR) is 72.3 cm³/mol. The van der Waals surface area contributed by atoms with Crippen LogP contribution in [0.5, 0.6) is 0 Å². The predicted octanol–water partition coefficient (Wildman–Crippen LogP) is 1.66. The van der Waals surface area contributed by atoms with Crippen LogP contribution in [0.15, 0.2) is 23.1 Å². The van der Waals surface area contributed by atoms with Crippen molar-refractivity contribution in [2.45, 2.75) is 17.9 Å². The topological polar surface area (TPSA) is 89.8 Å².